The highest BCUT2D eigenvalue weighted by Gasteiger charge is 2.38. The van der Waals surface area contributed by atoms with Gasteiger partial charge in [-0.15, -0.1) is 0 Å². The van der Waals surface area contributed by atoms with Crippen LogP contribution < -0.4 is 5.32 Å². The van der Waals surface area contributed by atoms with E-state index in [0.717, 1.165) is 11.3 Å². The lowest BCUT2D eigenvalue weighted by molar-refractivity contribution is -0.142. The van der Waals surface area contributed by atoms with Crippen LogP contribution in [0.1, 0.15) is 24.5 Å². The summed E-state index contributed by atoms with van der Waals surface area (Å²) in [6, 6.07) is 13.1. The maximum Gasteiger partial charge on any atom is 0.334 e. The molecule has 0 saturated heterocycles. The normalized spacial score (nSPS) is 13.5. The summed E-state index contributed by atoms with van der Waals surface area (Å²) in [5, 5.41) is 12.8. The number of rotatable bonds is 5. The molecule has 2 N–H and O–H groups in total. The van der Waals surface area contributed by atoms with Crippen LogP contribution in [0.3, 0.4) is 0 Å². The average Bonchev–Trinajstić information content (AvgIpc) is 2.45. The predicted molar refractivity (Wildman–Crippen MR) is 80.8 cm³/mol. The molecule has 2 rings (SSSR count). The van der Waals surface area contributed by atoms with Crippen molar-refractivity contribution in [2.24, 2.45) is 0 Å². The first-order valence-corrected chi connectivity index (χ1v) is 6.82. The van der Waals surface area contributed by atoms with Crippen molar-refractivity contribution in [3.05, 3.63) is 65.5 Å². The maximum atomic E-state index is 13.1. The molecule has 3 nitrogen and oxygen atoms in total. The van der Waals surface area contributed by atoms with E-state index in [1.54, 1.807) is 6.92 Å². The molecule has 0 heterocycles. The van der Waals surface area contributed by atoms with Gasteiger partial charge in [0.1, 0.15) is 5.82 Å². The summed E-state index contributed by atoms with van der Waals surface area (Å²) in [6.45, 7) is 3.73. The molecule has 0 fully saturated rings. The number of aryl methyl sites for hydroxylation is 1. The Bertz CT molecular complexity index is 639. The first kappa shape index (κ1) is 15.0. The van der Waals surface area contributed by atoms with Crippen LogP contribution in [0.25, 0.3) is 0 Å². The zero-order valence-corrected chi connectivity index (χ0v) is 12.1. The van der Waals surface area contributed by atoms with E-state index in [1.165, 1.54) is 24.3 Å². The molecule has 2 aromatic rings. The Morgan fingerprint density at radius 3 is 2.43 bits per heavy atom. The van der Waals surface area contributed by atoms with Crippen molar-refractivity contribution >= 4 is 11.7 Å². The lowest BCUT2D eigenvalue weighted by Crippen LogP contribution is -2.43. The van der Waals surface area contributed by atoms with Gasteiger partial charge >= 0.3 is 5.97 Å². The number of aliphatic carboxylic acids is 1. The van der Waals surface area contributed by atoms with Crippen molar-refractivity contribution in [3.8, 4) is 0 Å². The van der Waals surface area contributed by atoms with Crippen LogP contribution in [0.2, 0.25) is 0 Å². The summed E-state index contributed by atoms with van der Waals surface area (Å²) in [4.78, 5) is 11.9. The van der Waals surface area contributed by atoms with Gasteiger partial charge in [-0.1, -0.05) is 31.2 Å². The molecule has 0 aliphatic heterocycles. The number of halogens is 1. The first-order chi connectivity index (χ1) is 9.98. The number of carbonyl (C=O) groups is 1. The highest BCUT2D eigenvalue weighted by atomic mass is 19.1. The van der Waals surface area contributed by atoms with Crippen molar-refractivity contribution in [2.75, 3.05) is 5.32 Å². The van der Waals surface area contributed by atoms with Gasteiger partial charge in [-0.2, -0.15) is 0 Å². The van der Waals surface area contributed by atoms with Gasteiger partial charge in [0, 0.05) is 5.69 Å². The zero-order valence-electron chi connectivity index (χ0n) is 12.1. The summed E-state index contributed by atoms with van der Waals surface area (Å²) in [5.41, 5.74) is 1.01. The monoisotopic (exact) mass is 287 g/mol. The summed E-state index contributed by atoms with van der Waals surface area (Å²) < 4.78 is 13.1. The Labute approximate surface area is 123 Å². The van der Waals surface area contributed by atoms with Crippen LogP contribution in [0.15, 0.2) is 48.5 Å². The van der Waals surface area contributed by atoms with E-state index in [1.807, 2.05) is 31.2 Å². The van der Waals surface area contributed by atoms with E-state index in [2.05, 4.69) is 5.32 Å². The van der Waals surface area contributed by atoms with Crippen LogP contribution in [0.5, 0.6) is 0 Å². The van der Waals surface area contributed by atoms with E-state index in [9.17, 15) is 14.3 Å². The molecule has 1 atom stereocenters. The number of hydrogen-bond donors (Lipinski definition) is 2. The second-order valence-corrected chi connectivity index (χ2v) is 5.07. The highest BCUT2D eigenvalue weighted by Crippen LogP contribution is 2.30. The molecule has 2 aromatic carbocycles. The first-order valence-electron chi connectivity index (χ1n) is 6.82. The molecule has 0 radical (unpaired) electrons. The second-order valence-electron chi connectivity index (χ2n) is 5.07. The Hall–Kier alpha value is -2.36. The number of anilines is 1. The number of hydrogen-bond acceptors (Lipinski definition) is 2. The van der Waals surface area contributed by atoms with Crippen LogP contribution >= 0.6 is 0 Å². The fourth-order valence-electron chi connectivity index (χ4n) is 2.40. The van der Waals surface area contributed by atoms with Crippen molar-refractivity contribution < 1.29 is 14.3 Å². The van der Waals surface area contributed by atoms with Gasteiger partial charge < -0.3 is 10.4 Å². The summed E-state index contributed by atoms with van der Waals surface area (Å²) >= 11 is 0. The standard InChI is InChI=1S/C17H18FNO2/c1-3-17(16(20)21,13-7-9-14(18)10-8-13)19-15-6-4-5-12(2)11-15/h4-11,19H,3H2,1-2H3,(H,20,21). The number of carboxylic acid groups (broad SMARTS) is 1. The summed E-state index contributed by atoms with van der Waals surface area (Å²) in [5.74, 6) is -1.37. The minimum Gasteiger partial charge on any atom is -0.479 e. The van der Waals surface area contributed by atoms with Crippen LogP contribution in [0.4, 0.5) is 10.1 Å². The Morgan fingerprint density at radius 1 is 1.24 bits per heavy atom. The highest BCUT2D eigenvalue weighted by molar-refractivity contribution is 5.84. The third-order valence-corrected chi connectivity index (χ3v) is 3.61. The van der Waals surface area contributed by atoms with Crippen molar-refractivity contribution in [3.63, 3.8) is 0 Å². The Morgan fingerprint density at radius 2 is 1.90 bits per heavy atom. The molecule has 0 bridgehead atoms. The molecule has 0 spiro atoms. The molecular formula is C17H18FNO2. The Balaban J connectivity index is 2.46. The summed E-state index contributed by atoms with van der Waals surface area (Å²) in [7, 11) is 0. The zero-order chi connectivity index (χ0) is 15.5. The Kier molecular flexibility index (Phi) is 4.26. The van der Waals surface area contributed by atoms with Crippen molar-refractivity contribution in [1.29, 1.82) is 0 Å². The molecule has 21 heavy (non-hydrogen) atoms. The maximum absolute atomic E-state index is 13.1. The molecule has 0 aromatic heterocycles. The summed E-state index contributed by atoms with van der Waals surface area (Å²) in [6.07, 6.45) is 0.335. The number of benzene rings is 2. The topological polar surface area (TPSA) is 49.3 Å². The van der Waals surface area contributed by atoms with Crippen molar-refractivity contribution in [1.82, 2.24) is 0 Å². The van der Waals surface area contributed by atoms with E-state index in [0.29, 0.717) is 12.0 Å². The molecule has 0 amide bonds. The predicted octanol–water partition coefficient (Wildman–Crippen LogP) is 3.94. The quantitative estimate of drug-likeness (QED) is 0.875. The molecule has 0 aliphatic carbocycles. The average molecular weight is 287 g/mol. The van der Waals surface area contributed by atoms with Crippen LogP contribution in [0, 0.1) is 12.7 Å². The minimum absolute atomic E-state index is 0.335. The van der Waals surface area contributed by atoms with Gasteiger partial charge in [-0.3, -0.25) is 0 Å². The largest absolute Gasteiger partial charge is 0.479 e. The van der Waals surface area contributed by atoms with Crippen LogP contribution in [-0.4, -0.2) is 11.1 Å². The van der Waals surface area contributed by atoms with E-state index in [-0.39, 0.29) is 5.82 Å². The van der Waals surface area contributed by atoms with Gasteiger partial charge in [0.15, 0.2) is 5.54 Å². The lowest BCUT2D eigenvalue weighted by atomic mass is 9.86. The molecule has 0 saturated carbocycles. The number of nitrogens with one attached hydrogen (secondary N) is 1. The number of carboxylic acids is 1. The third kappa shape index (κ3) is 3.05. The van der Waals surface area contributed by atoms with E-state index < -0.39 is 11.5 Å². The lowest BCUT2D eigenvalue weighted by Gasteiger charge is -2.31. The molecular weight excluding hydrogens is 269 g/mol. The smallest absolute Gasteiger partial charge is 0.334 e. The van der Waals surface area contributed by atoms with Gasteiger partial charge in [0.2, 0.25) is 0 Å². The SMILES string of the molecule is CCC(Nc1cccc(C)c1)(C(=O)O)c1ccc(F)cc1. The molecule has 4 heteroatoms. The van der Waals surface area contributed by atoms with Gasteiger partial charge in [0.05, 0.1) is 0 Å². The minimum atomic E-state index is -1.28. The van der Waals surface area contributed by atoms with Crippen molar-refractivity contribution in [2.45, 2.75) is 25.8 Å². The molecule has 0 aliphatic rings. The van der Waals surface area contributed by atoms with Gasteiger partial charge in [0.25, 0.3) is 0 Å². The van der Waals surface area contributed by atoms with Gasteiger partial charge in [-0.25, -0.2) is 9.18 Å². The second kappa shape index (κ2) is 5.95. The fraction of sp³-hybridized carbons (Fsp3) is 0.235. The molecule has 110 valence electrons. The third-order valence-electron chi connectivity index (χ3n) is 3.61. The fourth-order valence-corrected chi connectivity index (χ4v) is 2.40. The van der Waals surface area contributed by atoms with E-state index >= 15 is 0 Å². The molecule has 1 unspecified atom stereocenters. The van der Waals surface area contributed by atoms with Crippen LogP contribution in [-0.2, 0) is 10.3 Å². The van der Waals surface area contributed by atoms with E-state index in [4.69, 9.17) is 0 Å². The van der Waals surface area contributed by atoms with Gasteiger partial charge in [-0.05, 0) is 48.7 Å².